The molecule has 0 aromatic carbocycles. The standard InChI is InChI=1S/C72H140O17P2/c1-7-10-12-14-16-18-20-21-22-23-24-25-26-27-28-29-30-32-36-44-50-56-71(76)88-67(60-83-70(75)55-49-43-37-33-34-40-46-52-64(4)5)62-86-90(78,79)84-58-66(73)59-85-91(80,81)87-63-68(89-72(77)57-51-45-39-38-41-47-53-65(6)9-3)61-82-69(74)54-48-42-35-31-19-17-15-13-11-8-2/h64-68,73H,7-63H2,1-6H3,(H,78,79)(H,80,81)/t65?,66-,67-,68-/m1/s1. The number of phosphoric acid groups is 2. The van der Waals surface area contributed by atoms with Crippen LogP contribution in [0.4, 0.5) is 0 Å². The number of aliphatic hydroxyl groups excluding tert-OH is 1. The van der Waals surface area contributed by atoms with E-state index < -0.39 is 97.5 Å². The van der Waals surface area contributed by atoms with Gasteiger partial charge in [-0.1, -0.05) is 318 Å². The lowest BCUT2D eigenvalue weighted by atomic mass is 10.00. The lowest BCUT2D eigenvalue weighted by molar-refractivity contribution is -0.161. The number of carbonyl (C=O) groups is 4. The first-order chi connectivity index (χ1) is 43.9. The summed E-state index contributed by atoms with van der Waals surface area (Å²) in [5, 5.41) is 10.6. The molecule has 3 N–H and O–H groups in total. The minimum Gasteiger partial charge on any atom is -0.462 e. The summed E-state index contributed by atoms with van der Waals surface area (Å²) < 4.78 is 68.3. The van der Waals surface area contributed by atoms with E-state index in [4.69, 9.17) is 37.0 Å². The van der Waals surface area contributed by atoms with Crippen molar-refractivity contribution in [2.24, 2.45) is 11.8 Å². The summed E-state index contributed by atoms with van der Waals surface area (Å²) in [5.74, 6) is -0.702. The molecule has 0 aromatic heterocycles. The zero-order valence-electron chi connectivity index (χ0n) is 59.1. The van der Waals surface area contributed by atoms with E-state index in [-0.39, 0.29) is 25.7 Å². The maximum absolute atomic E-state index is 13.0. The van der Waals surface area contributed by atoms with Gasteiger partial charge in [0, 0.05) is 25.7 Å². The van der Waals surface area contributed by atoms with E-state index in [0.717, 1.165) is 102 Å². The third-order valence-electron chi connectivity index (χ3n) is 17.1. The van der Waals surface area contributed by atoms with E-state index in [0.29, 0.717) is 31.6 Å². The van der Waals surface area contributed by atoms with E-state index in [9.17, 15) is 43.2 Å². The van der Waals surface area contributed by atoms with E-state index in [2.05, 4.69) is 41.5 Å². The fraction of sp³-hybridized carbons (Fsp3) is 0.944. The van der Waals surface area contributed by atoms with Crippen molar-refractivity contribution >= 4 is 39.5 Å². The topological polar surface area (TPSA) is 237 Å². The van der Waals surface area contributed by atoms with Gasteiger partial charge in [-0.2, -0.15) is 0 Å². The van der Waals surface area contributed by atoms with Crippen LogP contribution in [-0.2, 0) is 65.4 Å². The van der Waals surface area contributed by atoms with E-state index in [1.807, 2.05) is 0 Å². The van der Waals surface area contributed by atoms with Crippen molar-refractivity contribution in [2.45, 2.75) is 387 Å². The van der Waals surface area contributed by atoms with Crippen LogP contribution in [-0.4, -0.2) is 96.7 Å². The van der Waals surface area contributed by atoms with Gasteiger partial charge in [-0.05, 0) is 37.5 Å². The first kappa shape index (κ1) is 89.1. The molecule has 91 heavy (non-hydrogen) atoms. The van der Waals surface area contributed by atoms with Gasteiger partial charge in [0.25, 0.3) is 0 Å². The molecule has 0 aromatic rings. The van der Waals surface area contributed by atoms with Gasteiger partial charge in [-0.15, -0.1) is 0 Å². The van der Waals surface area contributed by atoms with Crippen molar-refractivity contribution in [1.29, 1.82) is 0 Å². The van der Waals surface area contributed by atoms with Crippen LogP contribution in [0.3, 0.4) is 0 Å². The predicted molar refractivity (Wildman–Crippen MR) is 368 cm³/mol. The number of unbranched alkanes of at least 4 members (excludes halogenated alkanes) is 40. The fourth-order valence-electron chi connectivity index (χ4n) is 10.9. The molecule has 0 heterocycles. The molecule has 0 aliphatic heterocycles. The molecule has 0 saturated heterocycles. The molecule has 0 saturated carbocycles. The summed E-state index contributed by atoms with van der Waals surface area (Å²) in [4.78, 5) is 72.5. The van der Waals surface area contributed by atoms with Crippen LogP contribution in [0.2, 0.25) is 0 Å². The van der Waals surface area contributed by atoms with Crippen LogP contribution in [0.5, 0.6) is 0 Å². The summed E-state index contributed by atoms with van der Waals surface area (Å²) in [5.41, 5.74) is 0. The molecule has 3 unspecified atom stereocenters. The normalized spacial score (nSPS) is 14.4. The SMILES string of the molecule is CCCCCCCCCCCCCCCCCCCCCCCC(=O)O[C@H](COC(=O)CCCCCCCCCC(C)C)COP(=O)(O)OC[C@@H](O)COP(=O)(O)OC[C@@H](COC(=O)CCCCCCCCCCCC)OC(=O)CCCCCCCCC(C)CC. The van der Waals surface area contributed by atoms with E-state index >= 15 is 0 Å². The Kier molecular flexibility index (Phi) is 62.7. The van der Waals surface area contributed by atoms with Crippen molar-refractivity contribution in [3.63, 3.8) is 0 Å². The third-order valence-corrected chi connectivity index (χ3v) is 19.0. The van der Waals surface area contributed by atoms with Gasteiger partial charge in [0.05, 0.1) is 26.4 Å². The Morgan fingerprint density at radius 1 is 0.319 bits per heavy atom. The van der Waals surface area contributed by atoms with Gasteiger partial charge in [-0.3, -0.25) is 37.3 Å². The highest BCUT2D eigenvalue weighted by Gasteiger charge is 2.30. The van der Waals surface area contributed by atoms with Crippen molar-refractivity contribution in [1.82, 2.24) is 0 Å². The number of ether oxygens (including phenoxy) is 4. The number of hydrogen-bond acceptors (Lipinski definition) is 15. The summed E-state index contributed by atoms with van der Waals surface area (Å²) in [6.45, 7) is 9.44. The van der Waals surface area contributed by atoms with Gasteiger partial charge in [0.1, 0.15) is 19.3 Å². The van der Waals surface area contributed by atoms with Gasteiger partial charge in [-0.25, -0.2) is 9.13 Å². The average Bonchev–Trinajstić information content (AvgIpc) is 3.42. The van der Waals surface area contributed by atoms with Gasteiger partial charge in [0.2, 0.25) is 0 Å². The molecule has 0 aliphatic carbocycles. The zero-order valence-corrected chi connectivity index (χ0v) is 60.9. The van der Waals surface area contributed by atoms with Crippen LogP contribution in [0, 0.1) is 11.8 Å². The molecular formula is C72H140O17P2. The molecule has 0 rings (SSSR count). The number of rotatable bonds is 71. The predicted octanol–water partition coefficient (Wildman–Crippen LogP) is 20.8. The summed E-state index contributed by atoms with van der Waals surface area (Å²) in [6.07, 6.45) is 50.3. The van der Waals surface area contributed by atoms with Crippen LogP contribution in [0.15, 0.2) is 0 Å². The summed E-state index contributed by atoms with van der Waals surface area (Å²) in [7, 11) is -9.90. The molecule has 0 amide bonds. The number of phosphoric ester groups is 2. The maximum atomic E-state index is 13.0. The van der Waals surface area contributed by atoms with Crippen molar-refractivity contribution in [3.8, 4) is 0 Å². The number of hydrogen-bond donors (Lipinski definition) is 3. The second-order valence-electron chi connectivity index (χ2n) is 26.7. The highest BCUT2D eigenvalue weighted by Crippen LogP contribution is 2.45. The fourth-order valence-corrected chi connectivity index (χ4v) is 12.5. The lowest BCUT2D eigenvalue weighted by Crippen LogP contribution is -2.30. The Morgan fingerprint density at radius 3 is 0.835 bits per heavy atom. The minimum absolute atomic E-state index is 0.103. The van der Waals surface area contributed by atoms with Crippen molar-refractivity contribution in [3.05, 3.63) is 0 Å². The smallest absolute Gasteiger partial charge is 0.462 e. The molecule has 0 aliphatic rings. The highest BCUT2D eigenvalue weighted by atomic mass is 31.2. The van der Waals surface area contributed by atoms with E-state index in [1.54, 1.807) is 0 Å². The first-order valence-electron chi connectivity index (χ1n) is 37.5. The Morgan fingerprint density at radius 2 is 0.560 bits per heavy atom. The number of aliphatic hydroxyl groups is 1. The van der Waals surface area contributed by atoms with Crippen LogP contribution >= 0.6 is 15.6 Å². The Balaban J connectivity index is 5.15. The molecule has 0 bridgehead atoms. The molecule has 17 nitrogen and oxygen atoms in total. The van der Waals surface area contributed by atoms with Crippen molar-refractivity contribution < 1.29 is 80.2 Å². The maximum Gasteiger partial charge on any atom is 0.472 e. The molecular weight excluding hydrogens is 1200 g/mol. The first-order valence-corrected chi connectivity index (χ1v) is 40.5. The Labute approximate surface area is 556 Å². The minimum atomic E-state index is -4.95. The molecule has 540 valence electrons. The van der Waals surface area contributed by atoms with Crippen molar-refractivity contribution in [2.75, 3.05) is 39.6 Å². The second kappa shape index (κ2) is 64.1. The Hall–Kier alpha value is -1.94. The summed E-state index contributed by atoms with van der Waals surface area (Å²) in [6, 6.07) is 0. The quantitative estimate of drug-likeness (QED) is 0.0222. The molecule has 0 spiro atoms. The Bertz CT molecular complexity index is 1770. The average molecular weight is 1340 g/mol. The zero-order chi connectivity index (χ0) is 67.2. The monoisotopic (exact) mass is 1340 g/mol. The van der Waals surface area contributed by atoms with Crippen LogP contribution in [0.25, 0.3) is 0 Å². The molecule has 0 radical (unpaired) electrons. The molecule has 6 atom stereocenters. The number of carbonyl (C=O) groups excluding carboxylic acids is 4. The lowest BCUT2D eigenvalue weighted by Gasteiger charge is -2.21. The molecule has 19 heteroatoms. The summed E-state index contributed by atoms with van der Waals surface area (Å²) >= 11 is 0. The van der Waals surface area contributed by atoms with Crippen LogP contribution < -0.4 is 0 Å². The largest absolute Gasteiger partial charge is 0.472 e. The van der Waals surface area contributed by atoms with Gasteiger partial charge >= 0.3 is 39.5 Å². The van der Waals surface area contributed by atoms with Gasteiger partial charge < -0.3 is 33.8 Å². The number of esters is 4. The van der Waals surface area contributed by atoms with E-state index in [1.165, 1.54) is 180 Å². The second-order valence-corrected chi connectivity index (χ2v) is 29.6. The third kappa shape index (κ3) is 65.1. The van der Waals surface area contributed by atoms with Crippen LogP contribution in [0.1, 0.15) is 369 Å². The highest BCUT2D eigenvalue weighted by molar-refractivity contribution is 7.47. The van der Waals surface area contributed by atoms with Gasteiger partial charge in [0.15, 0.2) is 12.2 Å². The molecule has 0 fully saturated rings.